The van der Waals surface area contributed by atoms with Gasteiger partial charge in [0.1, 0.15) is 11.8 Å². The summed E-state index contributed by atoms with van der Waals surface area (Å²) in [5, 5.41) is 5.08. The zero-order valence-electron chi connectivity index (χ0n) is 22.8. The first kappa shape index (κ1) is 29.1. The first-order chi connectivity index (χ1) is 19.2. The minimum Gasteiger partial charge on any atom is -0.477 e. The minimum absolute atomic E-state index is 0.0297. The van der Waals surface area contributed by atoms with Crippen molar-refractivity contribution in [1.82, 2.24) is 35.1 Å². The van der Waals surface area contributed by atoms with Crippen LogP contribution >= 0.6 is 0 Å². The summed E-state index contributed by atoms with van der Waals surface area (Å²) in [6.07, 6.45) is 2.83. The molecule has 4 rings (SSSR count). The number of ether oxygens (including phenoxy) is 2. The molecule has 0 unspecified atom stereocenters. The maximum absolute atomic E-state index is 14.9. The van der Waals surface area contributed by atoms with Crippen molar-refractivity contribution in [3.63, 3.8) is 0 Å². The molecule has 2 aromatic rings. The first-order valence-corrected chi connectivity index (χ1v) is 13.2. The fraction of sp³-hybridized carbons (Fsp3) is 0.600. The highest BCUT2D eigenvalue weighted by molar-refractivity contribution is 5.88. The molecule has 0 radical (unpaired) electrons. The number of piperidine rings is 2. The molecule has 2 fully saturated rings. The van der Waals surface area contributed by atoms with Crippen LogP contribution in [0.3, 0.4) is 0 Å². The number of hydrogen-bond acceptors (Lipinski definition) is 10. The van der Waals surface area contributed by atoms with Gasteiger partial charge in [-0.05, 0) is 33.2 Å². The number of aromatic nitrogens is 4. The van der Waals surface area contributed by atoms with Gasteiger partial charge in [0.25, 0.3) is 0 Å². The molecule has 15 heteroatoms. The average molecular weight is 564 g/mol. The van der Waals surface area contributed by atoms with Gasteiger partial charge in [-0.15, -0.1) is 0 Å². The van der Waals surface area contributed by atoms with E-state index in [2.05, 4.69) is 30.6 Å². The molecule has 0 aliphatic carbocycles. The smallest absolute Gasteiger partial charge is 0.414 e. The number of nitrogens with zero attached hydrogens (tertiary/aromatic N) is 7. The van der Waals surface area contributed by atoms with Gasteiger partial charge < -0.3 is 29.5 Å². The second-order valence-corrected chi connectivity index (χ2v) is 9.92. The third-order valence-corrected chi connectivity index (χ3v) is 7.00. The van der Waals surface area contributed by atoms with E-state index in [4.69, 9.17) is 9.47 Å². The second-order valence-electron chi connectivity index (χ2n) is 9.92. The van der Waals surface area contributed by atoms with Crippen molar-refractivity contribution < 1.29 is 27.8 Å². The molecule has 2 aliphatic rings. The summed E-state index contributed by atoms with van der Waals surface area (Å²) in [4.78, 5) is 46.8. The zero-order valence-corrected chi connectivity index (χ0v) is 22.8. The molecule has 0 spiro atoms. The predicted octanol–water partition coefficient (Wildman–Crippen LogP) is 2.27. The monoisotopic (exact) mass is 563 g/mol. The van der Waals surface area contributed by atoms with Crippen LogP contribution in [0.15, 0.2) is 24.7 Å². The number of anilines is 2. The number of urea groups is 1. The van der Waals surface area contributed by atoms with Crippen molar-refractivity contribution in [1.29, 1.82) is 0 Å². The number of alkyl halides is 2. The molecule has 3 amide bonds. The highest BCUT2D eigenvalue weighted by Crippen LogP contribution is 2.26. The van der Waals surface area contributed by atoms with E-state index in [1.807, 2.05) is 18.9 Å². The van der Waals surface area contributed by atoms with Gasteiger partial charge in [0, 0.05) is 45.5 Å². The van der Waals surface area contributed by atoms with Crippen LogP contribution in [0.25, 0.3) is 0 Å². The molecule has 2 atom stereocenters. The molecule has 40 heavy (non-hydrogen) atoms. The molecule has 218 valence electrons. The summed E-state index contributed by atoms with van der Waals surface area (Å²) in [5.41, 5.74) is -1.48. The molecular formula is C25H35F2N9O4. The van der Waals surface area contributed by atoms with Gasteiger partial charge in [-0.2, -0.15) is 4.98 Å². The van der Waals surface area contributed by atoms with Crippen molar-refractivity contribution in [2.24, 2.45) is 0 Å². The molecule has 2 aromatic heterocycles. The van der Waals surface area contributed by atoms with Crippen LogP contribution in [0.5, 0.6) is 11.8 Å². The maximum atomic E-state index is 14.9. The fourth-order valence-electron chi connectivity index (χ4n) is 4.50. The van der Waals surface area contributed by atoms with Crippen molar-refractivity contribution in [2.75, 3.05) is 63.6 Å². The number of likely N-dealkylation sites (tertiary alicyclic amines) is 1. The van der Waals surface area contributed by atoms with Crippen LogP contribution in [0.4, 0.5) is 30.1 Å². The number of rotatable bonds is 8. The summed E-state index contributed by atoms with van der Waals surface area (Å²) in [6, 6.07) is 0.0368. The number of carbonyl (C=O) groups is 2. The van der Waals surface area contributed by atoms with Crippen LogP contribution in [-0.2, 0) is 0 Å². The molecule has 4 heterocycles. The van der Waals surface area contributed by atoms with E-state index in [-0.39, 0.29) is 37.2 Å². The lowest BCUT2D eigenvalue weighted by atomic mass is 9.94. The summed E-state index contributed by atoms with van der Waals surface area (Å²) in [6.45, 7) is 3.73. The van der Waals surface area contributed by atoms with E-state index in [1.165, 1.54) is 36.6 Å². The summed E-state index contributed by atoms with van der Waals surface area (Å²) < 4.78 is 40.3. The van der Waals surface area contributed by atoms with Crippen LogP contribution in [-0.4, -0.2) is 113 Å². The lowest BCUT2D eigenvalue weighted by Gasteiger charge is -2.39. The quantitative estimate of drug-likeness (QED) is 0.492. The summed E-state index contributed by atoms with van der Waals surface area (Å²) in [7, 11) is 3.42. The van der Waals surface area contributed by atoms with Crippen molar-refractivity contribution in [2.45, 2.75) is 44.1 Å². The Morgan fingerprint density at radius 2 is 1.95 bits per heavy atom. The standard InChI is InChI=1S/C25H35F2N9O4/c1-4-39-21-14-29-19(13-30-21)32-23(37)35(3)18-15-36(10-6-17(18)26)22-28-9-5-20(33-22)40-24(38)31-16-25(27)7-11-34(2)12-8-25/h5,9,13-14,17-18H,4,6-8,10-12,15-16H2,1-3H3,(H,31,38)(H,29,32,37)/t17-,18+/m1/s1. The van der Waals surface area contributed by atoms with Gasteiger partial charge in [0.2, 0.25) is 17.7 Å². The molecule has 0 aromatic carbocycles. The Morgan fingerprint density at radius 3 is 2.65 bits per heavy atom. The number of likely N-dealkylation sites (N-methyl/N-ethyl adjacent to an activating group) is 1. The van der Waals surface area contributed by atoms with Gasteiger partial charge >= 0.3 is 12.1 Å². The largest absolute Gasteiger partial charge is 0.477 e. The maximum Gasteiger partial charge on any atom is 0.414 e. The number of carbonyl (C=O) groups excluding carboxylic acids is 2. The second kappa shape index (κ2) is 13.0. The number of amides is 3. The van der Waals surface area contributed by atoms with E-state index >= 15 is 0 Å². The summed E-state index contributed by atoms with van der Waals surface area (Å²) >= 11 is 0. The highest BCUT2D eigenvalue weighted by atomic mass is 19.1. The SMILES string of the molecule is CCOc1cnc(NC(=O)N(C)[C@H]2CN(c3nccc(OC(=O)NCC4(F)CCN(C)CC4)n3)CC[C@H]2F)cn1. The van der Waals surface area contributed by atoms with Gasteiger partial charge in [-0.3, -0.25) is 5.32 Å². The summed E-state index contributed by atoms with van der Waals surface area (Å²) in [5.74, 6) is 0.709. The zero-order chi connectivity index (χ0) is 28.7. The third-order valence-electron chi connectivity index (χ3n) is 7.00. The topological polar surface area (TPSA) is 138 Å². The van der Waals surface area contributed by atoms with E-state index in [9.17, 15) is 18.4 Å². The number of nitrogens with one attached hydrogen (secondary N) is 2. The molecule has 2 aliphatic heterocycles. The first-order valence-electron chi connectivity index (χ1n) is 13.2. The Balaban J connectivity index is 1.32. The van der Waals surface area contributed by atoms with E-state index < -0.39 is 30.0 Å². The molecular weight excluding hydrogens is 528 g/mol. The molecule has 0 saturated carbocycles. The average Bonchev–Trinajstić information content (AvgIpc) is 2.95. The van der Waals surface area contributed by atoms with Gasteiger partial charge in [0.05, 0.1) is 31.6 Å². The number of hydrogen-bond donors (Lipinski definition) is 2. The van der Waals surface area contributed by atoms with E-state index in [0.29, 0.717) is 45.0 Å². The van der Waals surface area contributed by atoms with Crippen molar-refractivity contribution in [3.8, 4) is 11.8 Å². The van der Waals surface area contributed by atoms with Crippen molar-refractivity contribution in [3.05, 3.63) is 24.7 Å². The van der Waals surface area contributed by atoms with Crippen LogP contribution in [0.2, 0.25) is 0 Å². The fourth-order valence-corrected chi connectivity index (χ4v) is 4.50. The van der Waals surface area contributed by atoms with Gasteiger partial charge in [0.15, 0.2) is 5.82 Å². The number of halogens is 2. The predicted molar refractivity (Wildman–Crippen MR) is 142 cm³/mol. The van der Waals surface area contributed by atoms with Crippen LogP contribution in [0.1, 0.15) is 26.2 Å². The molecule has 0 bridgehead atoms. The Labute approximate surface area is 231 Å². The molecule has 13 nitrogen and oxygen atoms in total. The van der Waals surface area contributed by atoms with Gasteiger partial charge in [-0.25, -0.2) is 33.3 Å². The lowest BCUT2D eigenvalue weighted by molar-refractivity contribution is 0.0688. The minimum atomic E-state index is -1.48. The van der Waals surface area contributed by atoms with E-state index in [0.717, 1.165) is 0 Å². The van der Waals surface area contributed by atoms with Crippen molar-refractivity contribution >= 4 is 23.9 Å². The van der Waals surface area contributed by atoms with E-state index in [1.54, 1.807) is 4.90 Å². The van der Waals surface area contributed by atoms with Gasteiger partial charge in [-0.1, -0.05) is 0 Å². The normalized spacial score (nSPS) is 20.9. The third kappa shape index (κ3) is 7.61. The molecule has 2 N–H and O–H groups in total. The lowest BCUT2D eigenvalue weighted by Crippen LogP contribution is -2.55. The van der Waals surface area contributed by atoms with Crippen LogP contribution in [0, 0.1) is 0 Å². The Bertz CT molecular complexity index is 1150. The molecule has 2 saturated heterocycles. The Morgan fingerprint density at radius 1 is 1.18 bits per heavy atom. The Hall–Kier alpha value is -3.88. The van der Waals surface area contributed by atoms with Crippen LogP contribution < -0.4 is 25.0 Å². The Kier molecular flexibility index (Phi) is 9.45. The highest BCUT2D eigenvalue weighted by Gasteiger charge is 2.36.